The van der Waals surface area contributed by atoms with Crippen molar-refractivity contribution in [3.63, 3.8) is 0 Å². The highest BCUT2D eigenvalue weighted by molar-refractivity contribution is 5.84. The van der Waals surface area contributed by atoms with E-state index in [0.717, 1.165) is 22.4 Å². The molecule has 1 aromatic heterocycles. The quantitative estimate of drug-likeness (QED) is 0.692. The second-order valence-electron chi connectivity index (χ2n) is 3.66. The van der Waals surface area contributed by atoms with Gasteiger partial charge in [0, 0.05) is 11.1 Å². The smallest absolute Gasteiger partial charge is 0.132 e. The number of nitrogens with zero attached hydrogens (tertiary/aromatic N) is 1. The Labute approximate surface area is 109 Å². The molecule has 0 saturated carbocycles. The van der Waals surface area contributed by atoms with Gasteiger partial charge in [0.15, 0.2) is 0 Å². The average Bonchev–Trinajstić information content (AvgIpc) is 2.86. The molecule has 0 unspecified atom stereocenters. The van der Waals surface area contributed by atoms with Gasteiger partial charge >= 0.3 is 0 Å². The van der Waals surface area contributed by atoms with Crippen LogP contribution in [0.2, 0.25) is 0 Å². The van der Waals surface area contributed by atoms with Gasteiger partial charge in [0.2, 0.25) is 0 Å². The fraction of sp³-hybridized carbons (Fsp3) is 0.188. The Bertz CT molecular complexity index is 513. The first-order chi connectivity index (χ1) is 8.78. The van der Waals surface area contributed by atoms with Crippen molar-refractivity contribution < 1.29 is 4.52 Å². The summed E-state index contributed by atoms with van der Waals surface area (Å²) in [6.07, 6.45) is 15.4. The van der Waals surface area contributed by atoms with E-state index >= 15 is 0 Å². The summed E-state index contributed by atoms with van der Waals surface area (Å²) in [4.78, 5) is 0. The van der Waals surface area contributed by atoms with E-state index < -0.39 is 0 Å². The highest BCUT2D eigenvalue weighted by atomic mass is 16.5. The fourth-order valence-corrected chi connectivity index (χ4v) is 1.65. The molecule has 1 aromatic rings. The van der Waals surface area contributed by atoms with Crippen LogP contribution in [0.15, 0.2) is 59.9 Å². The van der Waals surface area contributed by atoms with Gasteiger partial charge in [-0.3, -0.25) is 0 Å². The molecule has 0 aliphatic carbocycles. The van der Waals surface area contributed by atoms with E-state index in [4.69, 9.17) is 4.52 Å². The summed E-state index contributed by atoms with van der Waals surface area (Å²) in [5.41, 5.74) is 3.96. The summed E-state index contributed by atoms with van der Waals surface area (Å²) in [5.74, 6) is 0. The van der Waals surface area contributed by atoms with Crippen LogP contribution in [0, 0.1) is 0 Å². The molecule has 94 valence electrons. The molecule has 2 heteroatoms. The topological polar surface area (TPSA) is 26.0 Å². The Morgan fingerprint density at radius 2 is 1.89 bits per heavy atom. The highest BCUT2D eigenvalue weighted by Gasteiger charge is 2.12. The van der Waals surface area contributed by atoms with Crippen molar-refractivity contribution in [1.82, 2.24) is 5.16 Å². The second kappa shape index (κ2) is 7.28. The van der Waals surface area contributed by atoms with Crippen molar-refractivity contribution in [3.05, 3.63) is 66.6 Å². The molecular formula is C16H19NO. The molecule has 0 aliphatic heterocycles. The van der Waals surface area contributed by atoms with Gasteiger partial charge in [-0.15, -0.1) is 0 Å². The number of rotatable bonds is 5. The van der Waals surface area contributed by atoms with Crippen LogP contribution >= 0.6 is 0 Å². The lowest BCUT2D eigenvalue weighted by molar-refractivity contribution is 0.417. The minimum absolute atomic E-state index is 0.849. The average molecular weight is 241 g/mol. The fourth-order valence-electron chi connectivity index (χ4n) is 1.65. The van der Waals surface area contributed by atoms with Gasteiger partial charge in [-0.25, -0.2) is 0 Å². The lowest BCUT2D eigenvalue weighted by atomic mass is 10.0. The lowest BCUT2D eigenvalue weighted by Crippen LogP contribution is -1.88. The van der Waals surface area contributed by atoms with Gasteiger partial charge in [0.1, 0.15) is 12.0 Å². The summed E-state index contributed by atoms with van der Waals surface area (Å²) in [6.45, 7) is 9.64. The predicted molar refractivity (Wildman–Crippen MR) is 78.0 cm³/mol. The zero-order chi connectivity index (χ0) is 13.4. The SMILES string of the molecule is C=C/C=C\C(=C/C)c1nocc1C(/C=C\C)=C/C. The van der Waals surface area contributed by atoms with E-state index in [1.165, 1.54) is 0 Å². The molecule has 0 N–H and O–H groups in total. The van der Waals surface area contributed by atoms with Crippen LogP contribution in [0.25, 0.3) is 11.1 Å². The first-order valence-electron chi connectivity index (χ1n) is 5.98. The molecule has 2 nitrogen and oxygen atoms in total. The molecule has 0 bridgehead atoms. The number of aromatic nitrogens is 1. The summed E-state index contributed by atoms with van der Waals surface area (Å²) in [6, 6.07) is 0. The van der Waals surface area contributed by atoms with Crippen LogP contribution in [0.4, 0.5) is 0 Å². The standard InChI is InChI=1S/C16H19NO/c1-5-9-11-14(8-4)16-15(12-18-17-16)13(7-3)10-6-2/h5-12H,1H2,2-4H3/b10-6-,11-9-,13-7+,14-8+. The molecular weight excluding hydrogens is 222 g/mol. The molecule has 0 saturated heterocycles. The van der Waals surface area contributed by atoms with Crippen LogP contribution in [0.3, 0.4) is 0 Å². The molecule has 0 aromatic carbocycles. The Kier molecular flexibility index (Phi) is 5.65. The maximum Gasteiger partial charge on any atom is 0.132 e. The van der Waals surface area contributed by atoms with E-state index in [1.54, 1.807) is 12.3 Å². The Hall–Kier alpha value is -2.09. The first-order valence-corrected chi connectivity index (χ1v) is 5.98. The largest absolute Gasteiger partial charge is 0.363 e. The normalized spacial score (nSPS) is 13.7. The predicted octanol–water partition coefficient (Wildman–Crippen LogP) is 4.80. The summed E-state index contributed by atoms with van der Waals surface area (Å²) in [5, 5.41) is 4.09. The van der Waals surface area contributed by atoms with Crippen LogP contribution in [-0.2, 0) is 0 Å². The summed E-state index contributed by atoms with van der Waals surface area (Å²) >= 11 is 0. The van der Waals surface area contributed by atoms with Crippen LogP contribution in [-0.4, -0.2) is 5.16 Å². The van der Waals surface area contributed by atoms with E-state index in [0.29, 0.717) is 0 Å². The third-order valence-corrected chi connectivity index (χ3v) is 2.53. The van der Waals surface area contributed by atoms with Gasteiger partial charge in [-0.2, -0.15) is 0 Å². The molecule has 1 heterocycles. The van der Waals surface area contributed by atoms with Gasteiger partial charge in [-0.1, -0.05) is 54.3 Å². The zero-order valence-corrected chi connectivity index (χ0v) is 11.2. The molecule has 0 spiro atoms. The number of hydrogen-bond acceptors (Lipinski definition) is 2. The summed E-state index contributed by atoms with van der Waals surface area (Å²) in [7, 11) is 0. The maximum atomic E-state index is 5.11. The number of hydrogen-bond donors (Lipinski definition) is 0. The molecule has 0 aliphatic rings. The first kappa shape index (κ1) is 14.0. The van der Waals surface area contributed by atoms with Crippen molar-refractivity contribution in [2.75, 3.05) is 0 Å². The van der Waals surface area contributed by atoms with Gasteiger partial charge in [-0.05, 0) is 26.3 Å². The van der Waals surface area contributed by atoms with Gasteiger partial charge < -0.3 is 4.52 Å². The van der Waals surface area contributed by atoms with E-state index in [1.807, 2.05) is 57.2 Å². The van der Waals surface area contributed by atoms with Crippen LogP contribution < -0.4 is 0 Å². The van der Waals surface area contributed by atoms with Crippen LogP contribution in [0.5, 0.6) is 0 Å². The minimum atomic E-state index is 0.849. The Balaban J connectivity index is 3.23. The maximum absolute atomic E-state index is 5.11. The Morgan fingerprint density at radius 1 is 1.17 bits per heavy atom. The molecule has 1 rings (SSSR count). The molecule has 0 radical (unpaired) electrons. The van der Waals surface area contributed by atoms with Gasteiger partial charge in [0.05, 0.1) is 0 Å². The molecule has 0 atom stereocenters. The van der Waals surface area contributed by atoms with E-state index in [9.17, 15) is 0 Å². The molecule has 0 amide bonds. The molecule has 0 fully saturated rings. The van der Waals surface area contributed by atoms with Crippen molar-refractivity contribution in [1.29, 1.82) is 0 Å². The van der Waals surface area contributed by atoms with E-state index in [2.05, 4.69) is 11.7 Å². The van der Waals surface area contributed by atoms with E-state index in [-0.39, 0.29) is 0 Å². The van der Waals surface area contributed by atoms with Crippen LogP contribution in [0.1, 0.15) is 32.0 Å². The highest BCUT2D eigenvalue weighted by Crippen LogP contribution is 2.26. The number of allylic oxidation sites excluding steroid dienone is 9. The zero-order valence-electron chi connectivity index (χ0n) is 11.2. The minimum Gasteiger partial charge on any atom is -0.363 e. The van der Waals surface area contributed by atoms with Crippen molar-refractivity contribution in [2.24, 2.45) is 0 Å². The Morgan fingerprint density at radius 3 is 2.44 bits per heavy atom. The molecule has 18 heavy (non-hydrogen) atoms. The summed E-state index contributed by atoms with van der Waals surface area (Å²) < 4.78 is 5.11. The van der Waals surface area contributed by atoms with Crippen molar-refractivity contribution >= 4 is 11.1 Å². The van der Waals surface area contributed by atoms with Gasteiger partial charge in [0.25, 0.3) is 0 Å². The lowest BCUT2D eigenvalue weighted by Gasteiger charge is -2.02. The third kappa shape index (κ3) is 3.20. The third-order valence-electron chi connectivity index (χ3n) is 2.53. The monoisotopic (exact) mass is 241 g/mol. The van der Waals surface area contributed by atoms with Crippen molar-refractivity contribution in [3.8, 4) is 0 Å². The second-order valence-corrected chi connectivity index (χ2v) is 3.66. The van der Waals surface area contributed by atoms with Crippen molar-refractivity contribution in [2.45, 2.75) is 20.8 Å².